The Hall–Kier alpha value is -1.12. The lowest BCUT2D eigenvalue weighted by Gasteiger charge is -2.05. The van der Waals surface area contributed by atoms with Crippen LogP contribution in [0.2, 0.25) is 0 Å². The molecule has 2 rings (SSSR count). The van der Waals surface area contributed by atoms with E-state index in [1.165, 1.54) is 25.7 Å². The third-order valence-corrected chi connectivity index (χ3v) is 1.56. The first kappa shape index (κ1) is 7.98. The van der Waals surface area contributed by atoms with Crippen molar-refractivity contribution in [2.24, 2.45) is 0 Å². The molecular weight excluding hydrogens is 144 g/mol. The molecule has 1 aliphatic carbocycles. The van der Waals surface area contributed by atoms with Crippen LogP contribution >= 0.6 is 0 Å². The highest BCUT2D eigenvalue weighted by Crippen LogP contribution is 2.15. The third kappa shape index (κ3) is 2.98. The van der Waals surface area contributed by atoms with Crippen LogP contribution in [0.3, 0.4) is 0 Å². The monoisotopic (exact) mass is 154 g/mol. The molecule has 0 aromatic rings. The van der Waals surface area contributed by atoms with Crippen molar-refractivity contribution in [1.29, 1.82) is 0 Å². The third-order valence-electron chi connectivity index (χ3n) is 1.56. The van der Waals surface area contributed by atoms with Crippen molar-refractivity contribution in [3.8, 4) is 0 Å². The van der Waals surface area contributed by atoms with Gasteiger partial charge in [-0.15, -0.1) is 0 Å². The van der Waals surface area contributed by atoms with Crippen LogP contribution < -0.4 is 0 Å². The van der Waals surface area contributed by atoms with E-state index in [1.807, 2.05) is 0 Å². The molecule has 0 saturated heterocycles. The van der Waals surface area contributed by atoms with Crippen molar-refractivity contribution >= 4 is 11.9 Å². The molecule has 0 unspecified atom stereocenters. The van der Waals surface area contributed by atoms with E-state index in [2.05, 4.69) is 4.74 Å². The molecule has 3 heteroatoms. The van der Waals surface area contributed by atoms with E-state index in [-0.39, 0.29) is 0 Å². The van der Waals surface area contributed by atoms with Crippen molar-refractivity contribution in [3.63, 3.8) is 0 Å². The minimum atomic E-state index is -0.579. The molecule has 1 saturated carbocycles. The first-order valence-electron chi connectivity index (χ1n) is 3.73. The van der Waals surface area contributed by atoms with E-state index in [0.29, 0.717) is 0 Å². The Bertz CT molecular complexity index is 170. The van der Waals surface area contributed by atoms with Gasteiger partial charge in [0.15, 0.2) is 0 Å². The van der Waals surface area contributed by atoms with Gasteiger partial charge in [-0.1, -0.05) is 25.7 Å². The number of rotatable bonds is 0. The molecule has 0 aromatic heterocycles. The maximum atomic E-state index is 9.92. The zero-order valence-electron chi connectivity index (χ0n) is 6.21. The summed E-state index contributed by atoms with van der Waals surface area (Å²) in [7, 11) is 0. The summed E-state index contributed by atoms with van der Waals surface area (Å²) in [5.41, 5.74) is 0. The second kappa shape index (κ2) is 3.91. The van der Waals surface area contributed by atoms with Crippen molar-refractivity contribution in [1.82, 2.24) is 0 Å². The average molecular weight is 154 g/mol. The van der Waals surface area contributed by atoms with Crippen LogP contribution in [0.15, 0.2) is 12.2 Å². The Morgan fingerprint density at radius 2 is 1.27 bits per heavy atom. The van der Waals surface area contributed by atoms with E-state index in [0.717, 1.165) is 12.2 Å². The fourth-order valence-electron chi connectivity index (χ4n) is 0.553. The quantitative estimate of drug-likeness (QED) is 0.388. The van der Waals surface area contributed by atoms with Crippen molar-refractivity contribution in [2.45, 2.75) is 25.7 Å². The molecule has 0 bridgehead atoms. The van der Waals surface area contributed by atoms with E-state index >= 15 is 0 Å². The molecule has 0 radical (unpaired) electrons. The SMILES string of the molecule is C1CCC1.O=C1C=CC(=O)O1. The highest BCUT2D eigenvalue weighted by atomic mass is 16.6. The summed E-state index contributed by atoms with van der Waals surface area (Å²) in [5, 5.41) is 0. The lowest BCUT2D eigenvalue weighted by atomic mass is 10.0. The van der Waals surface area contributed by atoms with E-state index in [1.54, 1.807) is 0 Å². The summed E-state index contributed by atoms with van der Waals surface area (Å²) >= 11 is 0. The summed E-state index contributed by atoms with van der Waals surface area (Å²) in [4.78, 5) is 19.8. The predicted octanol–water partition coefficient (Wildman–Crippen LogP) is 1.19. The van der Waals surface area contributed by atoms with E-state index < -0.39 is 11.9 Å². The average Bonchev–Trinajstić information content (AvgIpc) is 2.09. The van der Waals surface area contributed by atoms with E-state index in [9.17, 15) is 9.59 Å². The fourth-order valence-corrected chi connectivity index (χ4v) is 0.553. The van der Waals surface area contributed by atoms with Gasteiger partial charge in [0, 0.05) is 12.2 Å². The Labute approximate surface area is 65.0 Å². The van der Waals surface area contributed by atoms with Gasteiger partial charge in [0.05, 0.1) is 0 Å². The number of cyclic esters (lactones) is 2. The number of esters is 2. The molecule has 1 heterocycles. The van der Waals surface area contributed by atoms with Gasteiger partial charge in [0.2, 0.25) is 0 Å². The Morgan fingerprint density at radius 1 is 0.909 bits per heavy atom. The first-order valence-corrected chi connectivity index (χ1v) is 3.73. The minimum absolute atomic E-state index is 0.579. The lowest BCUT2D eigenvalue weighted by molar-refractivity contribution is -0.150. The van der Waals surface area contributed by atoms with Crippen LogP contribution in [-0.4, -0.2) is 11.9 Å². The van der Waals surface area contributed by atoms with Gasteiger partial charge in [-0.05, 0) is 0 Å². The largest absolute Gasteiger partial charge is 0.387 e. The smallest absolute Gasteiger partial charge is 0.338 e. The van der Waals surface area contributed by atoms with E-state index in [4.69, 9.17) is 0 Å². The Balaban J connectivity index is 0.000000128. The van der Waals surface area contributed by atoms with Crippen LogP contribution in [0.5, 0.6) is 0 Å². The fraction of sp³-hybridized carbons (Fsp3) is 0.500. The van der Waals surface area contributed by atoms with Crippen molar-refractivity contribution in [3.05, 3.63) is 12.2 Å². The molecular formula is C8H10O3. The van der Waals surface area contributed by atoms with Crippen LogP contribution in [0.4, 0.5) is 0 Å². The summed E-state index contributed by atoms with van der Waals surface area (Å²) in [6, 6.07) is 0. The molecule has 11 heavy (non-hydrogen) atoms. The second-order valence-electron chi connectivity index (χ2n) is 2.49. The molecule has 1 aliphatic heterocycles. The van der Waals surface area contributed by atoms with Crippen LogP contribution in [-0.2, 0) is 14.3 Å². The van der Waals surface area contributed by atoms with Gasteiger partial charge in [0.25, 0.3) is 0 Å². The number of ether oxygens (including phenoxy) is 1. The van der Waals surface area contributed by atoms with Crippen LogP contribution in [0.25, 0.3) is 0 Å². The Morgan fingerprint density at radius 3 is 1.36 bits per heavy atom. The van der Waals surface area contributed by atoms with Gasteiger partial charge >= 0.3 is 11.9 Å². The number of carbonyl (C=O) groups is 2. The molecule has 1 fully saturated rings. The van der Waals surface area contributed by atoms with Gasteiger partial charge in [0.1, 0.15) is 0 Å². The molecule has 0 aromatic carbocycles. The molecule has 3 nitrogen and oxygen atoms in total. The number of hydrogen-bond donors (Lipinski definition) is 0. The predicted molar refractivity (Wildman–Crippen MR) is 38.7 cm³/mol. The molecule has 2 aliphatic rings. The Kier molecular flexibility index (Phi) is 2.83. The maximum Gasteiger partial charge on any atom is 0.338 e. The molecule has 60 valence electrons. The summed E-state index contributed by atoms with van der Waals surface area (Å²) in [5.74, 6) is -1.16. The molecule has 0 N–H and O–H groups in total. The summed E-state index contributed by atoms with van der Waals surface area (Å²) in [6.45, 7) is 0. The molecule has 0 amide bonds. The van der Waals surface area contributed by atoms with Gasteiger partial charge in [-0.25, -0.2) is 9.59 Å². The highest BCUT2D eigenvalue weighted by molar-refractivity contribution is 6.04. The van der Waals surface area contributed by atoms with Gasteiger partial charge in [-0.2, -0.15) is 0 Å². The number of hydrogen-bond acceptors (Lipinski definition) is 3. The lowest BCUT2D eigenvalue weighted by Crippen LogP contribution is -1.96. The highest BCUT2D eigenvalue weighted by Gasteiger charge is 2.10. The van der Waals surface area contributed by atoms with Gasteiger partial charge < -0.3 is 4.74 Å². The molecule has 0 atom stereocenters. The van der Waals surface area contributed by atoms with Crippen LogP contribution in [0.1, 0.15) is 25.7 Å². The second-order valence-corrected chi connectivity index (χ2v) is 2.49. The first-order chi connectivity index (χ1) is 5.29. The normalized spacial score (nSPS) is 20.0. The maximum absolute atomic E-state index is 9.92. The van der Waals surface area contributed by atoms with Crippen molar-refractivity contribution in [2.75, 3.05) is 0 Å². The summed E-state index contributed by atoms with van der Waals surface area (Å²) < 4.78 is 3.97. The molecule has 0 spiro atoms. The standard InChI is InChI=1S/C4H2O3.C4H8/c5-3-1-2-4(6)7-3;1-2-4-3-1/h1-2H;1-4H2. The number of carbonyl (C=O) groups excluding carboxylic acids is 2. The van der Waals surface area contributed by atoms with Gasteiger partial charge in [-0.3, -0.25) is 0 Å². The van der Waals surface area contributed by atoms with Crippen molar-refractivity contribution < 1.29 is 14.3 Å². The zero-order chi connectivity index (χ0) is 8.10. The minimum Gasteiger partial charge on any atom is -0.387 e. The van der Waals surface area contributed by atoms with Crippen LogP contribution in [0, 0.1) is 0 Å². The topological polar surface area (TPSA) is 43.4 Å². The zero-order valence-corrected chi connectivity index (χ0v) is 6.21. The summed E-state index contributed by atoms with van der Waals surface area (Å²) in [6.07, 6.45) is 8.17.